The summed E-state index contributed by atoms with van der Waals surface area (Å²) in [7, 11) is 0. The number of aryl methyl sites for hydroxylation is 3. The number of hydrogen-bond acceptors (Lipinski definition) is 5. The quantitative estimate of drug-likeness (QED) is 0.629. The second-order valence-corrected chi connectivity index (χ2v) is 6.16. The van der Waals surface area contributed by atoms with Crippen molar-refractivity contribution in [3.05, 3.63) is 65.5 Å². The summed E-state index contributed by atoms with van der Waals surface area (Å²) in [5.41, 5.74) is 12.3. The first kappa shape index (κ1) is 16.8. The Hall–Kier alpha value is -3.08. The molecule has 25 heavy (non-hydrogen) atoms. The average Bonchev–Trinajstić information content (AvgIpc) is 2.58. The average molecular weight is 333 g/mol. The monoisotopic (exact) mass is 333 g/mol. The molecule has 5 heteroatoms. The van der Waals surface area contributed by atoms with Crippen molar-refractivity contribution in [3.63, 3.8) is 0 Å². The SMILES string of the molecule is CCc1ccc(Nc2ncnc(Nc3cc(C)cc(C)c3)c2N)cc1. The Labute approximate surface area is 148 Å². The number of benzene rings is 2. The van der Waals surface area contributed by atoms with Crippen LogP contribution in [0.25, 0.3) is 0 Å². The Morgan fingerprint density at radius 3 is 1.96 bits per heavy atom. The van der Waals surface area contributed by atoms with E-state index in [4.69, 9.17) is 5.73 Å². The second-order valence-electron chi connectivity index (χ2n) is 6.16. The first-order valence-electron chi connectivity index (χ1n) is 8.37. The highest BCUT2D eigenvalue weighted by atomic mass is 15.1. The normalized spacial score (nSPS) is 10.5. The highest BCUT2D eigenvalue weighted by Crippen LogP contribution is 2.28. The van der Waals surface area contributed by atoms with Crippen molar-refractivity contribution >= 4 is 28.7 Å². The Kier molecular flexibility index (Phi) is 4.84. The number of aromatic nitrogens is 2. The van der Waals surface area contributed by atoms with E-state index in [2.05, 4.69) is 71.7 Å². The molecule has 3 aromatic rings. The van der Waals surface area contributed by atoms with Crippen LogP contribution in [0.3, 0.4) is 0 Å². The third-order valence-electron chi connectivity index (χ3n) is 3.99. The van der Waals surface area contributed by atoms with E-state index in [-0.39, 0.29) is 0 Å². The summed E-state index contributed by atoms with van der Waals surface area (Å²) in [4.78, 5) is 8.54. The molecule has 0 unspecified atom stereocenters. The molecule has 1 heterocycles. The molecule has 0 aliphatic carbocycles. The van der Waals surface area contributed by atoms with Gasteiger partial charge in [0.05, 0.1) is 0 Å². The van der Waals surface area contributed by atoms with E-state index in [1.54, 1.807) is 0 Å². The van der Waals surface area contributed by atoms with Crippen LogP contribution >= 0.6 is 0 Å². The molecule has 0 aliphatic rings. The van der Waals surface area contributed by atoms with Crippen molar-refractivity contribution in [1.29, 1.82) is 0 Å². The Balaban J connectivity index is 1.83. The summed E-state index contributed by atoms with van der Waals surface area (Å²) in [6.45, 7) is 6.26. The summed E-state index contributed by atoms with van der Waals surface area (Å²) in [5.74, 6) is 1.18. The van der Waals surface area contributed by atoms with Crippen LogP contribution in [-0.4, -0.2) is 9.97 Å². The maximum atomic E-state index is 6.26. The van der Waals surface area contributed by atoms with Crippen molar-refractivity contribution in [3.8, 4) is 0 Å². The maximum absolute atomic E-state index is 6.26. The van der Waals surface area contributed by atoms with Gasteiger partial charge in [0.15, 0.2) is 11.6 Å². The van der Waals surface area contributed by atoms with Crippen LogP contribution in [0.2, 0.25) is 0 Å². The minimum atomic E-state index is 0.487. The molecule has 4 N–H and O–H groups in total. The largest absolute Gasteiger partial charge is 0.393 e. The zero-order valence-corrected chi connectivity index (χ0v) is 14.8. The number of nitrogen functional groups attached to an aromatic ring is 1. The zero-order chi connectivity index (χ0) is 17.8. The van der Waals surface area contributed by atoms with Crippen molar-refractivity contribution < 1.29 is 0 Å². The highest BCUT2D eigenvalue weighted by Gasteiger charge is 2.09. The summed E-state index contributed by atoms with van der Waals surface area (Å²) in [6.07, 6.45) is 2.52. The van der Waals surface area contributed by atoms with Gasteiger partial charge in [-0.3, -0.25) is 0 Å². The van der Waals surface area contributed by atoms with E-state index in [1.807, 2.05) is 12.1 Å². The first-order chi connectivity index (χ1) is 12.0. The molecule has 0 fully saturated rings. The summed E-state index contributed by atoms with van der Waals surface area (Å²) >= 11 is 0. The molecule has 0 radical (unpaired) electrons. The van der Waals surface area contributed by atoms with Gasteiger partial charge < -0.3 is 16.4 Å². The summed E-state index contributed by atoms with van der Waals surface area (Å²) < 4.78 is 0. The minimum absolute atomic E-state index is 0.487. The second kappa shape index (κ2) is 7.21. The zero-order valence-electron chi connectivity index (χ0n) is 14.8. The lowest BCUT2D eigenvalue weighted by Gasteiger charge is -2.13. The van der Waals surface area contributed by atoms with Gasteiger partial charge in [0, 0.05) is 11.4 Å². The standard InChI is InChI=1S/C20H23N5/c1-4-15-5-7-16(8-6-15)24-19-18(21)20(23-12-22-19)25-17-10-13(2)9-14(3)11-17/h5-12H,4,21H2,1-3H3,(H2,22,23,24,25). The van der Waals surface area contributed by atoms with E-state index in [0.29, 0.717) is 17.3 Å². The molecule has 0 bridgehead atoms. The highest BCUT2D eigenvalue weighted by molar-refractivity contribution is 5.80. The van der Waals surface area contributed by atoms with Gasteiger partial charge in [-0.05, 0) is 61.2 Å². The molecule has 0 saturated heterocycles. The van der Waals surface area contributed by atoms with Crippen LogP contribution in [0.5, 0.6) is 0 Å². The number of anilines is 5. The smallest absolute Gasteiger partial charge is 0.159 e. The van der Waals surface area contributed by atoms with Crippen LogP contribution < -0.4 is 16.4 Å². The van der Waals surface area contributed by atoms with Crippen LogP contribution in [-0.2, 0) is 6.42 Å². The van der Waals surface area contributed by atoms with E-state index in [1.165, 1.54) is 23.0 Å². The molecule has 0 aliphatic heterocycles. The molecule has 2 aromatic carbocycles. The molecular formula is C20H23N5. The number of nitrogens with two attached hydrogens (primary N) is 1. The van der Waals surface area contributed by atoms with Gasteiger partial charge >= 0.3 is 0 Å². The van der Waals surface area contributed by atoms with Crippen molar-refractivity contribution in [2.45, 2.75) is 27.2 Å². The summed E-state index contributed by atoms with van der Waals surface area (Å²) in [5, 5.41) is 6.54. The van der Waals surface area contributed by atoms with Gasteiger partial charge in [-0.25, -0.2) is 9.97 Å². The first-order valence-corrected chi connectivity index (χ1v) is 8.37. The fraction of sp³-hybridized carbons (Fsp3) is 0.200. The van der Waals surface area contributed by atoms with E-state index in [0.717, 1.165) is 17.8 Å². The maximum Gasteiger partial charge on any atom is 0.159 e. The van der Waals surface area contributed by atoms with E-state index >= 15 is 0 Å². The molecule has 0 atom stereocenters. The van der Waals surface area contributed by atoms with Crippen LogP contribution in [0, 0.1) is 13.8 Å². The number of nitrogens with zero attached hydrogens (tertiary/aromatic N) is 2. The molecule has 1 aromatic heterocycles. The van der Waals surface area contributed by atoms with Gasteiger partial charge in [-0.15, -0.1) is 0 Å². The van der Waals surface area contributed by atoms with Gasteiger partial charge in [0.2, 0.25) is 0 Å². The third-order valence-corrected chi connectivity index (χ3v) is 3.99. The Bertz CT molecular complexity index is 852. The van der Waals surface area contributed by atoms with Crippen LogP contribution in [0.4, 0.5) is 28.7 Å². The number of hydrogen-bond donors (Lipinski definition) is 3. The van der Waals surface area contributed by atoms with Gasteiger partial charge in [0.25, 0.3) is 0 Å². The number of nitrogens with one attached hydrogen (secondary N) is 2. The minimum Gasteiger partial charge on any atom is -0.393 e. The fourth-order valence-corrected chi connectivity index (χ4v) is 2.74. The molecule has 0 saturated carbocycles. The predicted octanol–water partition coefficient (Wildman–Crippen LogP) is 4.73. The van der Waals surface area contributed by atoms with E-state index < -0.39 is 0 Å². The summed E-state index contributed by atoms with van der Waals surface area (Å²) in [6, 6.07) is 14.5. The van der Waals surface area contributed by atoms with Gasteiger partial charge in [0.1, 0.15) is 12.0 Å². The van der Waals surface area contributed by atoms with Crippen molar-refractivity contribution in [2.24, 2.45) is 0 Å². The third kappa shape index (κ3) is 4.07. The Morgan fingerprint density at radius 2 is 1.40 bits per heavy atom. The predicted molar refractivity (Wildman–Crippen MR) is 105 cm³/mol. The molecule has 0 spiro atoms. The van der Waals surface area contributed by atoms with E-state index in [9.17, 15) is 0 Å². The topological polar surface area (TPSA) is 75.9 Å². The van der Waals surface area contributed by atoms with Gasteiger partial charge in [-0.2, -0.15) is 0 Å². The van der Waals surface area contributed by atoms with Crippen molar-refractivity contribution in [1.82, 2.24) is 9.97 Å². The van der Waals surface area contributed by atoms with Crippen LogP contribution in [0.1, 0.15) is 23.6 Å². The number of rotatable bonds is 5. The molecule has 0 amide bonds. The molecule has 128 valence electrons. The molecular weight excluding hydrogens is 310 g/mol. The lowest BCUT2D eigenvalue weighted by Crippen LogP contribution is -2.05. The molecule has 5 nitrogen and oxygen atoms in total. The van der Waals surface area contributed by atoms with Gasteiger partial charge in [-0.1, -0.05) is 25.1 Å². The Morgan fingerprint density at radius 1 is 0.840 bits per heavy atom. The lowest BCUT2D eigenvalue weighted by atomic mass is 10.1. The molecule has 3 rings (SSSR count). The van der Waals surface area contributed by atoms with Crippen LogP contribution in [0.15, 0.2) is 48.8 Å². The fourth-order valence-electron chi connectivity index (χ4n) is 2.74. The lowest BCUT2D eigenvalue weighted by molar-refractivity contribution is 1.14. The van der Waals surface area contributed by atoms with Crippen molar-refractivity contribution in [2.75, 3.05) is 16.4 Å².